The van der Waals surface area contributed by atoms with Gasteiger partial charge in [0.05, 0.1) is 31.3 Å². The molecule has 5 rings (SSSR count). The third-order valence-corrected chi connectivity index (χ3v) is 7.45. The average Bonchev–Trinajstić information content (AvgIpc) is 2.91. The predicted molar refractivity (Wildman–Crippen MR) is 140 cm³/mol. The zero-order valence-electron chi connectivity index (χ0n) is 19.8. The smallest absolute Gasteiger partial charge is 0.244 e. The largest absolute Gasteiger partial charge is 0.378 e. The Bertz CT molecular complexity index is 1180. The van der Waals surface area contributed by atoms with Gasteiger partial charge in [-0.3, -0.25) is 9.59 Å². The van der Waals surface area contributed by atoms with Gasteiger partial charge in [-0.1, -0.05) is 90.5 Å². The number of hydrogen-bond donors (Lipinski definition) is 1. The molecule has 6 nitrogen and oxygen atoms in total. The summed E-state index contributed by atoms with van der Waals surface area (Å²) >= 11 is 6.22. The normalized spacial score (nSPS) is 23.8. The zero-order chi connectivity index (χ0) is 24.9. The monoisotopic (exact) mass is 501 g/mol. The molecule has 2 fully saturated rings. The van der Waals surface area contributed by atoms with Gasteiger partial charge in [-0.25, -0.2) is 5.43 Å². The highest BCUT2D eigenvalue weighted by Crippen LogP contribution is 2.58. The highest BCUT2D eigenvalue weighted by Gasteiger charge is 2.58. The Balaban J connectivity index is 1.47. The van der Waals surface area contributed by atoms with Crippen molar-refractivity contribution in [1.29, 1.82) is 0 Å². The summed E-state index contributed by atoms with van der Waals surface area (Å²) in [4.78, 5) is 29.3. The number of hydrazone groups is 1. The number of carbonyl (C=O) groups is 2. The molecule has 3 aromatic carbocycles. The molecule has 1 N–H and O–H groups in total. The molecule has 0 radical (unpaired) electrons. The quantitative estimate of drug-likeness (QED) is 0.400. The van der Waals surface area contributed by atoms with Gasteiger partial charge in [0.25, 0.3) is 0 Å². The van der Waals surface area contributed by atoms with Crippen LogP contribution in [0.3, 0.4) is 0 Å². The van der Waals surface area contributed by atoms with Crippen LogP contribution in [0.5, 0.6) is 0 Å². The Morgan fingerprint density at radius 2 is 1.39 bits per heavy atom. The minimum Gasteiger partial charge on any atom is -0.378 e. The number of ether oxygens (including phenoxy) is 1. The lowest BCUT2D eigenvalue weighted by molar-refractivity contribution is -0.151. The molecule has 0 bridgehead atoms. The Morgan fingerprint density at radius 1 is 0.833 bits per heavy atom. The summed E-state index contributed by atoms with van der Waals surface area (Å²) in [5, 5.41) is 4.76. The highest BCUT2D eigenvalue weighted by atomic mass is 35.5. The minimum absolute atomic E-state index is 0.0737. The molecule has 36 heavy (non-hydrogen) atoms. The van der Waals surface area contributed by atoms with Gasteiger partial charge in [-0.05, 0) is 17.2 Å². The first-order valence-corrected chi connectivity index (χ1v) is 12.6. The number of rotatable bonds is 6. The van der Waals surface area contributed by atoms with E-state index >= 15 is 0 Å². The maximum atomic E-state index is 13.8. The molecule has 2 aliphatic rings. The van der Waals surface area contributed by atoms with Crippen LogP contribution in [0.1, 0.15) is 28.5 Å². The molecular weight excluding hydrogens is 474 g/mol. The van der Waals surface area contributed by atoms with Crippen molar-refractivity contribution in [1.82, 2.24) is 10.3 Å². The second-order valence-corrected chi connectivity index (χ2v) is 9.53. The third-order valence-electron chi connectivity index (χ3n) is 7.11. The van der Waals surface area contributed by atoms with Crippen LogP contribution in [0, 0.1) is 11.8 Å². The predicted octanol–water partition coefficient (Wildman–Crippen LogP) is 4.46. The third kappa shape index (κ3) is 4.92. The summed E-state index contributed by atoms with van der Waals surface area (Å²) in [6.07, 6.45) is 1.55. The molecule has 1 saturated heterocycles. The van der Waals surface area contributed by atoms with E-state index in [2.05, 4.69) is 10.5 Å². The lowest BCUT2D eigenvalue weighted by Gasteiger charge is -2.52. The van der Waals surface area contributed by atoms with Crippen molar-refractivity contribution in [3.8, 4) is 0 Å². The van der Waals surface area contributed by atoms with Crippen molar-refractivity contribution >= 4 is 29.6 Å². The summed E-state index contributed by atoms with van der Waals surface area (Å²) in [7, 11) is 0. The molecule has 3 aromatic rings. The number of carbonyl (C=O) groups excluding carboxylic acids is 2. The van der Waals surface area contributed by atoms with Crippen LogP contribution in [0.4, 0.5) is 0 Å². The second-order valence-electron chi connectivity index (χ2n) is 9.12. The molecule has 1 aliphatic carbocycles. The van der Waals surface area contributed by atoms with Gasteiger partial charge in [0.2, 0.25) is 11.8 Å². The van der Waals surface area contributed by atoms with E-state index in [4.69, 9.17) is 16.3 Å². The highest BCUT2D eigenvalue weighted by molar-refractivity contribution is 6.33. The van der Waals surface area contributed by atoms with E-state index < -0.39 is 5.92 Å². The molecule has 2 unspecified atom stereocenters. The minimum atomic E-state index is -0.451. The number of nitrogens with zero attached hydrogens (tertiary/aromatic N) is 2. The summed E-state index contributed by atoms with van der Waals surface area (Å²) in [5.41, 5.74) is 5.40. The molecule has 2 atom stereocenters. The van der Waals surface area contributed by atoms with E-state index in [0.717, 1.165) is 11.1 Å². The molecule has 0 spiro atoms. The lowest BCUT2D eigenvalue weighted by Crippen LogP contribution is -2.57. The lowest BCUT2D eigenvalue weighted by atomic mass is 9.51. The van der Waals surface area contributed by atoms with Gasteiger partial charge in [-0.2, -0.15) is 5.10 Å². The summed E-state index contributed by atoms with van der Waals surface area (Å²) in [6.45, 7) is 2.20. The number of benzene rings is 3. The molecule has 1 saturated carbocycles. The van der Waals surface area contributed by atoms with Crippen molar-refractivity contribution in [2.45, 2.75) is 11.8 Å². The molecule has 1 aliphatic heterocycles. The van der Waals surface area contributed by atoms with Crippen LogP contribution >= 0.6 is 11.6 Å². The number of nitrogens with one attached hydrogen (secondary N) is 1. The average molecular weight is 502 g/mol. The van der Waals surface area contributed by atoms with Crippen LogP contribution in [0.2, 0.25) is 5.02 Å². The Hall–Kier alpha value is -3.48. The standard InChI is InChI=1S/C29H28ClN3O3/c30-23-14-8-7-13-22(23)19-31-32-28(34)26-24(20-9-3-1-4-10-20)27(25(26)21-11-5-2-6-12-21)29(35)33-15-17-36-18-16-33/h1-14,19,24-27H,15-18H2,(H,32,34)/b31-19+. The number of morpholine rings is 1. The zero-order valence-corrected chi connectivity index (χ0v) is 20.6. The molecule has 2 amide bonds. The van der Waals surface area contributed by atoms with Crippen LogP contribution < -0.4 is 5.43 Å². The van der Waals surface area contributed by atoms with Crippen LogP contribution in [-0.2, 0) is 14.3 Å². The first kappa shape index (κ1) is 24.2. The van der Waals surface area contributed by atoms with Gasteiger partial charge < -0.3 is 9.64 Å². The Kier molecular flexibility index (Phi) is 7.44. The maximum absolute atomic E-state index is 13.8. The Labute approximate surface area is 215 Å². The maximum Gasteiger partial charge on any atom is 0.244 e. The summed E-state index contributed by atoms with van der Waals surface area (Å²) < 4.78 is 5.47. The van der Waals surface area contributed by atoms with Gasteiger partial charge in [0.1, 0.15) is 0 Å². The summed E-state index contributed by atoms with van der Waals surface area (Å²) in [5.74, 6) is -1.47. The van der Waals surface area contributed by atoms with E-state index in [1.807, 2.05) is 83.8 Å². The number of amides is 2. The van der Waals surface area contributed by atoms with E-state index in [-0.39, 0.29) is 29.6 Å². The van der Waals surface area contributed by atoms with Crippen molar-refractivity contribution in [2.75, 3.05) is 26.3 Å². The van der Waals surface area contributed by atoms with Crippen LogP contribution in [0.25, 0.3) is 0 Å². The first-order valence-electron chi connectivity index (χ1n) is 12.2. The van der Waals surface area contributed by atoms with E-state index in [9.17, 15) is 9.59 Å². The first-order chi connectivity index (χ1) is 17.6. The van der Waals surface area contributed by atoms with Crippen molar-refractivity contribution in [3.63, 3.8) is 0 Å². The number of halogens is 1. The fraction of sp³-hybridized carbons (Fsp3) is 0.276. The van der Waals surface area contributed by atoms with Crippen molar-refractivity contribution in [3.05, 3.63) is 107 Å². The topological polar surface area (TPSA) is 71.0 Å². The van der Waals surface area contributed by atoms with E-state index in [1.165, 1.54) is 0 Å². The fourth-order valence-electron chi connectivity index (χ4n) is 5.38. The summed E-state index contributed by atoms with van der Waals surface area (Å²) in [6, 6.07) is 27.0. The molecule has 0 aromatic heterocycles. The van der Waals surface area contributed by atoms with E-state index in [0.29, 0.717) is 36.9 Å². The van der Waals surface area contributed by atoms with Crippen molar-refractivity contribution < 1.29 is 14.3 Å². The molecule has 184 valence electrons. The van der Waals surface area contributed by atoms with Gasteiger partial charge in [0.15, 0.2) is 0 Å². The van der Waals surface area contributed by atoms with Gasteiger partial charge in [-0.15, -0.1) is 0 Å². The Morgan fingerprint density at radius 3 is 1.97 bits per heavy atom. The molecular formula is C29H28ClN3O3. The van der Waals surface area contributed by atoms with E-state index in [1.54, 1.807) is 12.3 Å². The van der Waals surface area contributed by atoms with Gasteiger partial charge >= 0.3 is 0 Å². The van der Waals surface area contributed by atoms with Crippen LogP contribution in [-0.4, -0.2) is 49.2 Å². The van der Waals surface area contributed by atoms with Crippen molar-refractivity contribution in [2.24, 2.45) is 16.9 Å². The second kappa shape index (κ2) is 11.1. The van der Waals surface area contributed by atoms with Crippen LogP contribution in [0.15, 0.2) is 90.0 Å². The number of hydrogen-bond acceptors (Lipinski definition) is 4. The molecule has 7 heteroatoms. The van der Waals surface area contributed by atoms with Gasteiger partial charge in [0, 0.05) is 35.5 Å². The SMILES string of the molecule is O=C(N/N=C/c1ccccc1Cl)C1C(c2ccccc2)C(C(=O)N2CCOCC2)C1c1ccccc1. The fourth-order valence-corrected chi connectivity index (χ4v) is 5.56. The molecule has 1 heterocycles.